The van der Waals surface area contributed by atoms with Gasteiger partial charge < -0.3 is 10.6 Å². The van der Waals surface area contributed by atoms with Crippen LogP contribution in [0.15, 0.2) is 6.33 Å². The number of hydrogen-bond acceptors (Lipinski definition) is 4. The molecular weight excluding hydrogens is 254 g/mol. The lowest BCUT2D eigenvalue weighted by Gasteiger charge is -2.28. The molecule has 0 radical (unpaired) electrons. The maximum atomic E-state index is 12.0. The first-order valence-electron chi connectivity index (χ1n) is 7.56. The number of aryl methyl sites for hydroxylation is 1. The molecule has 0 spiro atoms. The molecule has 0 saturated carbocycles. The molecule has 2 atom stereocenters. The molecule has 3 rings (SSSR count). The molecule has 0 aliphatic carbocycles. The summed E-state index contributed by atoms with van der Waals surface area (Å²) in [5.74, 6) is 1.52. The molecule has 3 heterocycles. The van der Waals surface area contributed by atoms with E-state index in [1.165, 1.54) is 12.8 Å². The van der Waals surface area contributed by atoms with Crippen molar-refractivity contribution in [2.75, 3.05) is 6.54 Å². The van der Waals surface area contributed by atoms with E-state index in [1.807, 2.05) is 7.05 Å². The minimum atomic E-state index is 0.173. The second-order valence-corrected chi connectivity index (χ2v) is 6.11. The Morgan fingerprint density at radius 2 is 2.20 bits per heavy atom. The summed E-state index contributed by atoms with van der Waals surface area (Å²) in [7, 11) is 1.85. The van der Waals surface area contributed by atoms with Gasteiger partial charge in [0.2, 0.25) is 5.91 Å². The van der Waals surface area contributed by atoms with Crippen LogP contribution in [0.25, 0.3) is 0 Å². The topological polar surface area (TPSA) is 71.8 Å². The summed E-state index contributed by atoms with van der Waals surface area (Å²) in [5.41, 5.74) is 0. The highest BCUT2D eigenvalue weighted by Crippen LogP contribution is 2.32. The van der Waals surface area contributed by atoms with Crippen molar-refractivity contribution in [3.05, 3.63) is 12.2 Å². The van der Waals surface area contributed by atoms with Crippen molar-refractivity contribution in [2.45, 2.75) is 50.6 Å². The smallest absolute Gasteiger partial charge is 0.220 e. The van der Waals surface area contributed by atoms with E-state index in [0.717, 1.165) is 18.7 Å². The average molecular weight is 277 g/mol. The lowest BCUT2D eigenvalue weighted by molar-refractivity contribution is -0.122. The quantitative estimate of drug-likeness (QED) is 0.817. The van der Waals surface area contributed by atoms with Crippen molar-refractivity contribution < 1.29 is 4.79 Å². The van der Waals surface area contributed by atoms with E-state index in [4.69, 9.17) is 0 Å². The normalized spacial score (nSPS) is 28.6. The third-order valence-corrected chi connectivity index (χ3v) is 4.36. The Hall–Kier alpha value is -1.43. The van der Waals surface area contributed by atoms with E-state index >= 15 is 0 Å². The Morgan fingerprint density at radius 1 is 1.45 bits per heavy atom. The summed E-state index contributed by atoms with van der Waals surface area (Å²) < 4.78 is 1.68. The summed E-state index contributed by atoms with van der Waals surface area (Å²) >= 11 is 0. The van der Waals surface area contributed by atoms with Crippen molar-refractivity contribution in [1.29, 1.82) is 0 Å². The number of piperidine rings is 1. The Kier molecular flexibility index (Phi) is 4.00. The van der Waals surface area contributed by atoms with E-state index in [9.17, 15) is 4.79 Å². The Labute approximate surface area is 119 Å². The zero-order valence-electron chi connectivity index (χ0n) is 12.0. The van der Waals surface area contributed by atoms with Gasteiger partial charge in [-0.15, -0.1) is 0 Å². The fraction of sp³-hybridized carbons (Fsp3) is 0.786. The zero-order valence-corrected chi connectivity index (χ0v) is 12.0. The number of carbonyl (C=O) groups is 1. The number of nitrogens with zero attached hydrogens (tertiary/aromatic N) is 3. The van der Waals surface area contributed by atoms with Crippen LogP contribution in [-0.4, -0.2) is 39.3 Å². The fourth-order valence-electron chi connectivity index (χ4n) is 3.49. The molecule has 20 heavy (non-hydrogen) atoms. The third-order valence-electron chi connectivity index (χ3n) is 4.36. The van der Waals surface area contributed by atoms with Crippen LogP contribution in [0.4, 0.5) is 0 Å². The summed E-state index contributed by atoms with van der Waals surface area (Å²) in [5, 5.41) is 10.8. The van der Waals surface area contributed by atoms with Crippen LogP contribution < -0.4 is 10.6 Å². The highest BCUT2D eigenvalue weighted by atomic mass is 16.1. The lowest BCUT2D eigenvalue weighted by Crippen LogP contribution is -2.39. The Balaban J connectivity index is 1.37. The number of rotatable bonds is 5. The zero-order chi connectivity index (χ0) is 13.9. The van der Waals surface area contributed by atoms with Crippen LogP contribution in [0.2, 0.25) is 0 Å². The number of carbonyl (C=O) groups excluding carboxylic acids is 1. The van der Waals surface area contributed by atoms with E-state index in [0.29, 0.717) is 37.4 Å². The molecule has 2 aliphatic heterocycles. The van der Waals surface area contributed by atoms with Gasteiger partial charge in [-0.2, -0.15) is 5.10 Å². The first kappa shape index (κ1) is 13.5. The maximum Gasteiger partial charge on any atom is 0.220 e. The molecule has 2 aliphatic rings. The standard InChI is InChI=1S/C14H23N5O/c1-19-9-16-13(18-19)4-5-15-14(20)8-10-6-11-2-3-12(7-10)17-11/h9-12,17H,2-8H2,1H3,(H,15,20). The van der Waals surface area contributed by atoms with Gasteiger partial charge in [-0.05, 0) is 31.6 Å². The fourth-order valence-corrected chi connectivity index (χ4v) is 3.49. The van der Waals surface area contributed by atoms with Crippen molar-refractivity contribution >= 4 is 5.91 Å². The predicted molar refractivity (Wildman–Crippen MR) is 75.0 cm³/mol. The minimum absolute atomic E-state index is 0.173. The molecule has 6 heteroatoms. The van der Waals surface area contributed by atoms with E-state index in [-0.39, 0.29) is 5.91 Å². The van der Waals surface area contributed by atoms with Gasteiger partial charge in [-0.25, -0.2) is 4.98 Å². The molecule has 2 N–H and O–H groups in total. The lowest BCUT2D eigenvalue weighted by atomic mass is 9.89. The van der Waals surface area contributed by atoms with Crippen LogP contribution in [0.5, 0.6) is 0 Å². The van der Waals surface area contributed by atoms with Gasteiger partial charge in [0.15, 0.2) is 5.82 Å². The van der Waals surface area contributed by atoms with E-state index in [1.54, 1.807) is 11.0 Å². The average Bonchev–Trinajstić information content (AvgIpc) is 2.96. The molecule has 6 nitrogen and oxygen atoms in total. The molecule has 1 aromatic rings. The van der Waals surface area contributed by atoms with Crippen molar-refractivity contribution in [3.8, 4) is 0 Å². The van der Waals surface area contributed by atoms with Crippen molar-refractivity contribution in [2.24, 2.45) is 13.0 Å². The number of hydrogen-bond donors (Lipinski definition) is 2. The van der Waals surface area contributed by atoms with Gasteiger partial charge in [0, 0.05) is 38.5 Å². The molecule has 0 aromatic carbocycles. The summed E-state index contributed by atoms with van der Waals surface area (Å²) in [6.07, 6.45) is 7.94. The second kappa shape index (κ2) is 5.91. The number of aromatic nitrogens is 3. The Morgan fingerprint density at radius 3 is 2.85 bits per heavy atom. The summed E-state index contributed by atoms with van der Waals surface area (Å²) in [6.45, 7) is 0.626. The van der Waals surface area contributed by atoms with Gasteiger partial charge in [-0.3, -0.25) is 9.48 Å². The highest BCUT2D eigenvalue weighted by Gasteiger charge is 2.33. The minimum Gasteiger partial charge on any atom is -0.356 e. The molecule has 1 amide bonds. The van der Waals surface area contributed by atoms with Crippen molar-refractivity contribution in [3.63, 3.8) is 0 Å². The summed E-state index contributed by atoms with van der Waals surface area (Å²) in [6, 6.07) is 1.31. The Bertz CT molecular complexity index is 460. The number of nitrogens with one attached hydrogen (secondary N) is 2. The molecule has 2 fully saturated rings. The van der Waals surface area contributed by atoms with Crippen LogP contribution >= 0.6 is 0 Å². The molecule has 1 aromatic heterocycles. The van der Waals surface area contributed by atoms with E-state index in [2.05, 4.69) is 20.7 Å². The van der Waals surface area contributed by atoms with Crippen LogP contribution in [0.1, 0.15) is 37.9 Å². The maximum absolute atomic E-state index is 12.0. The second-order valence-electron chi connectivity index (χ2n) is 6.11. The van der Waals surface area contributed by atoms with Gasteiger partial charge in [0.05, 0.1) is 0 Å². The van der Waals surface area contributed by atoms with Crippen LogP contribution in [0.3, 0.4) is 0 Å². The van der Waals surface area contributed by atoms with Crippen LogP contribution in [0, 0.1) is 5.92 Å². The van der Waals surface area contributed by atoms with E-state index < -0.39 is 0 Å². The first-order chi connectivity index (χ1) is 9.69. The van der Waals surface area contributed by atoms with Gasteiger partial charge in [-0.1, -0.05) is 0 Å². The highest BCUT2D eigenvalue weighted by molar-refractivity contribution is 5.76. The molecule has 2 bridgehead atoms. The largest absolute Gasteiger partial charge is 0.356 e. The van der Waals surface area contributed by atoms with Gasteiger partial charge in [0.25, 0.3) is 0 Å². The summed E-state index contributed by atoms with van der Waals surface area (Å²) in [4.78, 5) is 16.1. The molecule has 2 unspecified atom stereocenters. The van der Waals surface area contributed by atoms with Gasteiger partial charge in [0.1, 0.15) is 6.33 Å². The van der Waals surface area contributed by atoms with Gasteiger partial charge >= 0.3 is 0 Å². The molecule has 2 saturated heterocycles. The first-order valence-corrected chi connectivity index (χ1v) is 7.56. The van der Waals surface area contributed by atoms with Crippen molar-refractivity contribution in [1.82, 2.24) is 25.4 Å². The number of amides is 1. The van der Waals surface area contributed by atoms with Crippen LogP contribution in [-0.2, 0) is 18.3 Å². The number of fused-ring (bicyclic) bond motifs is 2. The third kappa shape index (κ3) is 3.36. The predicted octanol–water partition coefficient (Wildman–Crippen LogP) is 0.395. The monoisotopic (exact) mass is 277 g/mol. The molecular formula is C14H23N5O. The molecule has 110 valence electrons. The SMILES string of the molecule is Cn1cnc(CCNC(=O)CC2CC3CCC(C2)N3)n1.